The fourth-order valence-electron chi connectivity index (χ4n) is 5.20. The van der Waals surface area contributed by atoms with E-state index in [9.17, 15) is 4.79 Å². The second-order valence-electron chi connectivity index (χ2n) is 10.6. The topological polar surface area (TPSA) is 104 Å². The maximum atomic E-state index is 13.0. The van der Waals surface area contributed by atoms with E-state index in [1.54, 1.807) is 0 Å². The maximum absolute atomic E-state index is 13.0. The van der Waals surface area contributed by atoms with Gasteiger partial charge in [-0.15, -0.1) is 0 Å². The van der Waals surface area contributed by atoms with Crippen molar-refractivity contribution in [1.82, 2.24) is 25.8 Å². The summed E-state index contributed by atoms with van der Waals surface area (Å²) >= 11 is 0. The number of aryl methyl sites for hydroxylation is 1. The molecule has 1 amide bonds. The number of amides is 1. The predicted molar refractivity (Wildman–Crippen MR) is 161 cm³/mol. The first-order chi connectivity index (χ1) is 19.6. The summed E-state index contributed by atoms with van der Waals surface area (Å²) in [4.78, 5) is 17.9. The number of carbonyl (C=O) groups excluding carboxylic acids is 1. The largest absolute Gasteiger partial charge is 0.396 e. The minimum atomic E-state index is -0.160. The van der Waals surface area contributed by atoms with Crippen molar-refractivity contribution >= 4 is 17.3 Å². The number of hydrogen-bond acceptors (Lipinski definition) is 8. The number of aliphatic hydroxyl groups excluding tert-OH is 1. The Labute approximate surface area is 237 Å². The molecule has 212 valence electrons. The number of nitrogens with one attached hydrogen (secondary N) is 5. The highest BCUT2D eigenvalue weighted by molar-refractivity contribution is 6.04. The summed E-state index contributed by atoms with van der Waals surface area (Å²) in [5.41, 5.74) is 5.79. The highest BCUT2D eigenvalue weighted by atomic mass is 16.3. The zero-order valence-corrected chi connectivity index (χ0v) is 23.2. The van der Waals surface area contributed by atoms with Crippen LogP contribution < -0.4 is 26.6 Å². The van der Waals surface area contributed by atoms with Gasteiger partial charge in [-0.25, -0.2) is 0 Å². The zero-order chi connectivity index (χ0) is 27.7. The van der Waals surface area contributed by atoms with E-state index in [1.165, 1.54) is 11.1 Å². The summed E-state index contributed by atoms with van der Waals surface area (Å²) in [7, 11) is 0. The van der Waals surface area contributed by atoms with Crippen molar-refractivity contribution in [2.24, 2.45) is 0 Å². The van der Waals surface area contributed by atoms with E-state index in [2.05, 4.69) is 54.6 Å². The van der Waals surface area contributed by atoms with Crippen molar-refractivity contribution < 1.29 is 9.90 Å². The molecule has 0 aliphatic carbocycles. The van der Waals surface area contributed by atoms with Gasteiger partial charge < -0.3 is 31.3 Å². The number of benzene rings is 2. The summed E-state index contributed by atoms with van der Waals surface area (Å²) < 4.78 is 0. The molecule has 0 aromatic heterocycles. The van der Waals surface area contributed by atoms with E-state index in [0.717, 1.165) is 69.2 Å². The molecule has 0 saturated carbocycles. The Morgan fingerprint density at radius 1 is 1.07 bits per heavy atom. The zero-order valence-electron chi connectivity index (χ0n) is 23.2. The van der Waals surface area contributed by atoms with Crippen LogP contribution in [0.4, 0.5) is 11.4 Å². The molecular weight excluding hydrogens is 502 g/mol. The molecule has 40 heavy (non-hydrogen) atoms. The molecule has 2 aromatic carbocycles. The summed E-state index contributed by atoms with van der Waals surface area (Å²) in [6, 6.07) is 13.9. The molecule has 2 aromatic rings. The van der Waals surface area contributed by atoms with E-state index in [1.807, 2.05) is 61.8 Å². The fraction of sp³-hybridized carbons (Fsp3) is 0.387. The van der Waals surface area contributed by atoms with Crippen LogP contribution >= 0.6 is 0 Å². The summed E-state index contributed by atoms with van der Waals surface area (Å²) in [5, 5.41) is 25.7. The minimum absolute atomic E-state index is 0.0930. The van der Waals surface area contributed by atoms with Crippen LogP contribution in [0.15, 0.2) is 78.7 Å². The van der Waals surface area contributed by atoms with Crippen LogP contribution in [0.25, 0.3) is 0 Å². The summed E-state index contributed by atoms with van der Waals surface area (Å²) in [6.45, 7) is 9.11. The smallest absolute Gasteiger partial charge is 0.255 e. The average Bonchev–Trinajstić information content (AvgIpc) is 2.99. The molecule has 2 unspecified atom stereocenters. The second kappa shape index (κ2) is 13.6. The lowest BCUT2D eigenvalue weighted by atomic mass is 10.1. The van der Waals surface area contributed by atoms with E-state index in [0.29, 0.717) is 5.56 Å². The van der Waals surface area contributed by atoms with Crippen LogP contribution in [0.1, 0.15) is 27.9 Å². The number of anilines is 2. The molecule has 0 radical (unpaired) electrons. The van der Waals surface area contributed by atoms with Gasteiger partial charge in [0.05, 0.1) is 6.04 Å². The van der Waals surface area contributed by atoms with Crippen LogP contribution in [0, 0.1) is 6.92 Å². The van der Waals surface area contributed by atoms with Gasteiger partial charge in [0.25, 0.3) is 5.91 Å². The summed E-state index contributed by atoms with van der Waals surface area (Å²) in [5.74, 6) is -0.126. The van der Waals surface area contributed by atoms with E-state index < -0.39 is 0 Å². The Balaban J connectivity index is 1.13. The van der Waals surface area contributed by atoms with Gasteiger partial charge in [0.2, 0.25) is 0 Å². The van der Waals surface area contributed by atoms with E-state index in [4.69, 9.17) is 5.11 Å². The Hall–Kier alpha value is -3.63. The third kappa shape index (κ3) is 7.51. The fourth-order valence-corrected chi connectivity index (χ4v) is 5.20. The van der Waals surface area contributed by atoms with Crippen molar-refractivity contribution in [2.45, 2.75) is 32.2 Å². The van der Waals surface area contributed by atoms with Gasteiger partial charge >= 0.3 is 0 Å². The Morgan fingerprint density at radius 3 is 2.62 bits per heavy atom. The van der Waals surface area contributed by atoms with Crippen molar-refractivity contribution in [3.05, 3.63) is 95.4 Å². The molecule has 0 bridgehead atoms. The number of carbonyl (C=O) groups is 1. The molecule has 3 heterocycles. The average molecular weight is 544 g/mol. The first-order valence-corrected chi connectivity index (χ1v) is 14.2. The van der Waals surface area contributed by atoms with Crippen LogP contribution in [0.5, 0.6) is 0 Å². The standard InChI is InChI=1S/C31H41N7O2/c1-23-5-10-27(20-29(23)36-31-33-13-11-28(35-31)26-4-2-12-32-21-26)34-30(40)25-8-6-24(7-9-25)22-38-17-15-37(16-18-38)14-3-19-39/h2,4-11,13,20-21,28,31-33,35-36,39H,3,12,14-19,22H2,1H3,(H,34,40). The summed E-state index contributed by atoms with van der Waals surface area (Å²) in [6.07, 6.45) is 11.0. The lowest BCUT2D eigenvalue weighted by molar-refractivity contribution is 0.102. The van der Waals surface area contributed by atoms with Crippen LogP contribution in [0.3, 0.4) is 0 Å². The van der Waals surface area contributed by atoms with Gasteiger partial charge in [-0.1, -0.05) is 30.4 Å². The van der Waals surface area contributed by atoms with Crippen molar-refractivity contribution in [2.75, 3.05) is 56.5 Å². The van der Waals surface area contributed by atoms with Crippen molar-refractivity contribution in [3.63, 3.8) is 0 Å². The molecule has 9 nitrogen and oxygen atoms in total. The number of nitrogens with zero attached hydrogens (tertiary/aromatic N) is 2. The van der Waals surface area contributed by atoms with Crippen molar-refractivity contribution in [3.8, 4) is 0 Å². The van der Waals surface area contributed by atoms with E-state index >= 15 is 0 Å². The van der Waals surface area contributed by atoms with Crippen LogP contribution in [-0.2, 0) is 6.54 Å². The molecule has 2 atom stereocenters. The molecule has 5 rings (SSSR count). The van der Waals surface area contributed by atoms with Crippen LogP contribution in [-0.4, -0.2) is 79.0 Å². The predicted octanol–water partition coefficient (Wildman–Crippen LogP) is 2.56. The second-order valence-corrected chi connectivity index (χ2v) is 10.6. The number of dihydropyridines is 1. The quantitative estimate of drug-likeness (QED) is 0.272. The van der Waals surface area contributed by atoms with E-state index in [-0.39, 0.29) is 24.8 Å². The van der Waals surface area contributed by atoms with Gasteiger partial charge in [0.15, 0.2) is 6.29 Å². The third-order valence-electron chi connectivity index (χ3n) is 7.59. The van der Waals surface area contributed by atoms with Crippen LogP contribution in [0.2, 0.25) is 0 Å². The number of piperazine rings is 1. The molecule has 6 N–H and O–H groups in total. The van der Waals surface area contributed by atoms with Gasteiger partial charge in [0, 0.05) is 75.6 Å². The first-order valence-electron chi connectivity index (χ1n) is 14.2. The lowest BCUT2D eigenvalue weighted by Crippen LogP contribution is -2.53. The highest BCUT2D eigenvalue weighted by Crippen LogP contribution is 2.22. The van der Waals surface area contributed by atoms with Gasteiger partial charge in [-0.05, 0) is 66.6 Å². The van der Waals surface area contributed by atoms with Crippen molar-refractivity contribution in [1.29, 1.82) is 0 Å². The molecule has 9 heteroatoms. The van der Waals surface area contributed by atoms with Gasteiger partial charge in [-0.3, -0.25) is 15.0 Å². The monoisotopic (exact) mass is 543 g/mol. The number of rotatable bonds is 10. The third-order valence-corrected chi connectivity index (χ3v) is 7.59. The molecule has 3 aliphatic heterocycles. The normalized spacial score (nSPS) is 21.3. The molecular formula is C31H41N7O2. The molecule has 1 fully saturated rings. The number of hydrogen-bond donors (Lipinski definition) is 6. The Morgan fingerprint density at radius 2 is 1.88 bits per heavy atom. The molecule has 0 spiro atoms. The first kappa shape index (κ1) is 27.9. The molecule has 3 aliphatic rings. The highest BCUT2D eigenvalue weighted by Gasteiger charge is 2.20. The van der Waals surface area contributed by atoms with Gasteiger partial charge in [-0.2, -0.15) is 0 Å². The number of aliphatic hydroxyl groups is 1. The lowest BCUT2D eigenvalue weighted by Gasteiger charge is -2.34. The minimum Gasteiger partial charge on any atom is -0.396 e. The maximum Gasteiger partial charge on any atom is 0.255 e. The van der Waals surface area contributed by atoms with Gasteiger partial charge in [0.1, 0.15) is 0 Å². The SMILES string of the molecule is Cc1ccc(NC(=O)c2ccc(CN3CCN(CCCO)CC3)cc2)cc1NC1NC=CC(C2=CNCC=C2)N1. The Bertz CT molecular complexity index is 1230. The Kier molecular flexibility index (Phi) is 9.51. The molecule has 1 saturated heterocycles.